The summed E-state index contributed by atoms with van der Waals surface area (Å²) in [7, 11) is 0. The summed E-state index contributed by atoms with van der Waals surface area (Å²) >= 11 is 0. The largest absolute Gasteiger partial charge is 0.352 e. The molecule has 120 valence electrons. The highest BCUT2D eigenvalue weighted by atomic mass is 35.5. The Morgan fingerprint density at radius 2 is 2.00 bits per heavy atom. The Morgan fingerprint density at radius 1 is 1.27 bits per heavy atom. The number of nitrogens with zero attached hydrogens (tertiary/aromatic N) is 2. The average molecular weight is 323 g/mol. The van der Waals surface area contributed by atoms with Gasteiger partial charge >= 0.3 is 0 Å². The molecule has 2 aromatic rings. The Morgan fingerprint density at radius 3 is 2.59 bits per heavy atom. The van der Waals surface area contributed by atoms with Crippen LogP contribution in [0, 0.1) is 6.92 Å². The lowest BCUT2D eigenvalue weighted by Crippen LogP contribution is -2.24. The highest BCUT2D eigenvalue weighted by molar-refractivity contribution is 5.94. The van der Waals surface area contributed by atoms with Gasteiger partial charge in [-0.25, -0.2) is 4.98 Å². The van der Waals surface area contributed by atoms with Gasteiger partial charge in [0, 0.05) is 37.6 Å². The zero-order valence-electron chi connectivity index (χ0n) is 12.8. The van der Waals surface area contributed by atoms with E-state index in [1.807, 2.05) is 43.6 Å². The Bertz CT molecular complexity index is 580. The predicted molar refractivity (Wildman–Crippen MR) is 90.1 cm³/mol. The van der Waals surface area contributed by atoms with E-state index in [1.54, 1.807) is 0 Å². The second-order valence-corrected chi connectivity index (χ2v) is 5.03. The first kappa shape index (κ1) is 18.2. The highest BCUT2D eigenvalue weighted by Gasteiger charge is 2.04. The van der Waals surface area contributed by atoms with Crippen molar-refractivity contribution in [3.8, 4) is 0 Å². The summed E-state index contributed by atoms with van der Waals surface area (Å²) in [4.78, 5) is 16.1. The third kappa shape index (κ3) is 5.16. The molecule has 1 aromatic carbocycles. The Labute approximate surface area is 137 Å². The molecule has 0 unspecified atom stereocenters. The number of unbranched alkanes of at least 4 members (excludes halogenated alkanes) is 1. The maximum atomic E-state index is 11.9. The van der Waals surface area contributed by atoms with Gasteiger partial charge in [-0.05, 0) is 37.5 Å². The molecule has 2 rings (SSSR count). The summed E-state index contributed by atoms with van der Waals surface area (Å²) in [6.07, 6.45) is 5.75. The first-order chi connectivity index (χ1) is 10.2. The fraction of sp³-hybridized carbons (Fsp3) is 0.375. The summed E-state index contributed by atoms with van der Waals surface area (Å²) in [6.45, 7) is 4.11. The number of carbonyl (C=O) groups excluding carboxylic acids is 1. The number of hydrogen-bond acceptors (Lipinski definition) is 3. The maximum absolute atomic E-state index is 11.9. The van der Waals surface area contributed by atoms with Crippen LogP contribution in [0.15, 0.2) is 36.7 Å². The smallest absolute Gasteiger partial charge is 0.251 e. The van der Waals surface area contributed by atoms with Crippen molar-refractivity contribution in [1.29, 1.82) is 0 Å². The maximum Gasteiger partial charge on any atom is 0.251 e. The summed E-state index contributed by atoms with van der Waals surface area (Å²) in [5.74, 6) is 0.997. The molecule has 5 nitrogen and oxygen atoms in total. The van der Waals surface area contributed by atoms with E-state index in [0.29, 0.717) is 18.7 Å². The number of carbonyl (C=O) groups is 1. The molecule has 0 aliphatic carbocycles. The molecule has 0 aliphatic heterocycles. The van der Waals surface area contributed by atoms with Crippen LogP contribution >= 0.6 is 12.4 Å². The minimum Gasteiger partial charge on any atom is -0.352 e. The van der Waals surface area contributed by atoms with Crippen LogP contribution < -0.4 is 11.1 Å². The minimum atomic E-state index is -0.0302. The van der Waals surface area contributed by atoms with Crippen molar-refractivity contribution >= 4 is 18.3 Å². The number of aryl methyl sites for hydroxylation is 2. The van der Waals surface area contributed by atoms with Gasteiger partial charge in [-0.2, -0.15) is 0 Å². The lowest BCUT2D eigenvalue weighted by Gasteiger charge is -2.07. The van der Waals surface area contributed by atoms with Gasteiger partial charge in [-0.3, -0.25) is 4.79 Å². The number of amides is 1. The molecule has 0 aliphatic rings. The van der Waals surface area contributed by atoms with Gasteiger partial charge in [0.25, 0.3) is 5.91 Å². The van der Waals surface area contributed by atoms with Crippen LogP contribution in [0.25, 0.3) is 0 Å². The van der Waals surface area contributed by atoms with Crippen LogP contribution in [0.3, 0.4) is 0 Å². The van der Waals surface area contributed by atoms with Crippen molar-refractivity contribution in [2.75, 3.05) is 6.54 Å². The summed E-state index contributed by atoms with van der Waals surface area (Å²) in [5, 5.41) is 2.94. The van der Waals surface area contributed by atoms with Gasteiger partial charge in [0.1, 0.15) is 5.82 Å². The van der Waals surface area contributed by atoms with Crippen LogP contribution in [-0.2, 0) is 13.1 Å². The van der Waals surface area contributed by atoms with Gasteiger partial charge in [0.2, 0.25) is 0 Å². The number of hydrogen-bond donors (Lipinski definition) is 2. The molecule has 0 radical (unpaired) electrons. The monoisotopic (exact) mass is 322 g/mol. The summed E-state index contributed by atoms with van der Waals surface area (Å²) in [6, 6.07) is 7.40. The molecule has 6 heteroatoms. The summed E-state index contributed by atoms with van der Waals surface area (Å²) in [5.41, 5.74) is 7.24. The van der Waals surface area contributed by atoms with Gasteiger partial charge in [0.15, 0.2) is 0 Å². The fourth-order valence-corrected chi connectivity index (χ4v) is 2.14. The molecule has 1 amide bonds. The molecule has 0 bridgehead atoms. The second kappa shape index (κ2) is 9.23. The molecular weight excluding hydrogens is 300 g/mol. The van der Waals surface area contributed by atoms with E-state index in [2.05, 4.69) is 14.9 Å². The molecule has 22 heavy (non-hydrogen) atoms. The van der Waals surface area contributed by atoms with E-state index in [9.17, 15) is 4.79 Å². The van der Waals surface area contributed by atoms with E-state index in [1.165, 1.54) is 0 Å². The van der Waals surface area contributed by atoms with Crippen LogP contribution in [0.1, 0.15) is 34.6 Å². The minimum absolute atomic E-state index is 0. The van der Waals surface area contributed by atoms with E-state index in [-0.39, 0.29) is 18.3 Å². The number of nitrogens with two attached hydrogens (primary N) is 1. The van der Waals surface area contributed by atoms with E-state index in [0.717, 1.165) is 30.8 Å². The fourth-order valence-electron chi connectivity index (χ4n) is 2.14. The summed E-state index contributed by atoms with van der Waals surface area (Å²) < 4.78 is 2.12. The van der Waals surface area contributed by atoms with Crippen molar-refractivity contribution in [2.24, 2.45) is 5.73 Å². The van der Waals surface area contributed by atoms with Crippen molar-refractivity contribution < 1.29 is 4.79 Å². The number of nitrogens with one attached hydrogen (secondary N) is 1. The lowest BCUT2D eigenvalue weighted by atomic mass is 10.1. The van der Waals surface area contributed by atoms with Crippen molar-refractivity contribution in [2.45, 2.75) is 32.9 Å². The number of aromatic nitrogens is 2. The molecule has 0 spiro atoms. The third-order valence-electron chi connectivity index (χ3n) is 3.49. The molecule has 3 N–H and O–H groups in total. The normalized spacial score (nSPS) is 10.1. The molecular formula is C16H23ClN4O. The van der Waals surface area contributed by atoms with Gasteiger partial charge < -0.3 is 15.6 Å². The van der Waals surface area contributed by atoms with Gasteiger partial charge in [-0.15, -0.1) is 12.4 Å². The third-order valence-corrected chi connectivity index (χ3v) is 3.49. The van der Waals surface area contributed by atoms with Crippen LogP contribution in [-0.4, -0.2) is 22.0 Å². The van der Waals surface area contributed by atoms with Crippen molar-refractivity contribution in [3.63, 3.8) is 0 Å². The van der Waals surface area contributed by atoms with Gasteiger partial charge in [0.05, 0.1) is 0 Å². The second-order valence-electron chi connectivity index (χ2n) is 5.03. The van der Waals surface area contributed by atoms with E-state index >= 15 is 0 Å². The molecule has 0 saturated carbocycles. The molecule has 0 atom stereocenters. The first-order valence-corrected chi connectivity index (χ1v) is 7.25. The topological polar surface area (TPSA) is 72.9 Å². The van der Waals surface area contributed by atoms with Crippen LogP contribution in [0.5, 0.6) is 0 Å². The highest BCUT2D eigenvalue weighted by Crippen LogP contribution is 2.04. The van der Waals surface area contributed by atoms with Crippen LogP contribution in [0.4, 0.5) is 0 Å². The standard InChI is InChI=1S/C16H22N4O.ClH/c1-13-18-9-11-20(13)10-3-2-8-19-16(21)15-6-4-14(12-17)5-7-15;/h4-7,9,11H,2-3,8,10,12,17H2,1H3,(H,19,21);1H. The molecule has 1 aromatic heterocycles. The Kier molecular flexibility index (Phi) is 7.63. The number of rotatable bonds is 7. The average Bonchev–Trinajstić information content (AvgIpc) is 2.92. The first-order valence-electron chi connectivity index (χ1n) is 7.25. The zero-order chi connectivity index (χ0) is 15.1. The quantitative estimate of drug-likeness (QED) is 0.768. The molecule has 0 saturated heterocycles. The Hall–Kier alpha value is -1.85. The number of halogens is 1. The number of imidazole rings is 1. The molecule has 1 heterocycles. The van der Waals surface area contributed by atoms with E-state index < -0.39 is 0 Å². The number of benzene rings is 1. The van der Waals surface area contributed by atoms with Crippen molar-refractivity contribution in [1.82, 2.24) is 14.9 Å². The SMILES string of the molecule is Cc1nccn1CCCCNC(=O)c1ccc(CN)cc1.Cl. The lowest BCUT2D eigenvalue weighted by molar-refractivity contribution is 0.0953. The predicted octanol–water partition coefficient (Wildman–Crippen LogP) is 2.28. The van der Waals surface area contributed by atoms with Crippen molar-refractivity contribution in [3.05, 3.63) is 53.6 Å². The Balaban J connectivity index is 0.00000242. The van der Waals surface area contributed by atoms with Crippen LogP contribution in [0.2, 0.25) is 0 Å². The molecule has 0 fully saturated rings. The van der Waals surface area contributed by atoms with Gasteiger partial charge in [-0.1, -0.05) is 12.1 Å². The van der Waals surface area contributed by atoms with E-state index in [4.69, 9.17) is 5.73 Å². The zero-order valence-corrected chi connectivity index (χ0v) is 13.6.